The van der Waals surface area contributed by atoms with Crippen LogP contribution in [0.25, 0.3) is 0 Å². The summed E-state index contributed by atoms with van der Waals surface area (Å²) in [6, 6.07) is 0. The van der Waals surface area contributed by atoms with Crippen molar-refractivity contribution >= 4 is 11.8 Å². The fourth-order valence-electron chi connectivity index (χ4n) is 4.58. The molecule has 3 aliphatic carbocycles. The van der Waals surface area contributed by atoms with Crippen LogP contribution in [0, 0.1) is 23.7 Å². The summed E-state index contributed by atoms with van der Waals surface area (Å²) in [5.74, 6) is 6.08. The van der Waals surface area contributed by atoms with E-state index in [1.807, 2.05) is 0 Å². The maximum absolute atomic E-state index is 2.32. The summed E-state index contributed by atoms with van der Waals surface area (Å²) in [4.78, 5) is 0. The molecular formula is C14H24S. The largest absolute Gasteiger partial charge is 0.158 e. The van der Waals surface area contributed by atoms with E-state index in [0.717, 1.165) is 17.1 Å². The van der Waals surface area contributed by atoms with Gasteiger partial charge in [-0.15, -0.1) is 0 Å². The van der Waals surface area contributed by atoms with Crippen molar-refractivity contribution in [1.29, 1.82) is 0 Å². The van der Waals surface area contributed by atoms with E-state index in [2.05, 4.69) is 18.7 Å². The Kier molecular flexibility index (Phi) is 3.02. The van der Waals surface area contributed by atoms with Crippen LogP contribution in [-0.2, 0) is 0 Å². The molecule has 0 aromatic carbocycles. The van der Waals surface area contributed by atoms with Gasteiger partial charge >= 0.3 is 0 Å². The van der Waals surface area contributed by atoms with Crippen molar-refractivity contribution in [3.8, 4) is 0 Å². The summed E-state index contributed by atoms with van der Waals surface area (Å²) >= 11 is 2.32. The maximum atomic E-state index is 2.32. The number of hydrogen-bond donors (Lipinski definition) is 0. The molecule has 0 N–H and O–H groups in total. The molecule has 5 unspecified atom stereocenters. The van der Waals surface area contributed by atoms with Crippen molar-refractivity contribution in [2.45, 2.75) is 57.1 Å². The van der Waals surface area contributed by atoms with Crippen molar-refractivity contribution in [1.82, 2.24) is 0 Å². The molecular weight excluding hydrogens is 200 g/mol. The van der Waals surface area contributed by atoms with Gasteiger partial charge in [-0.25, -0.2) is 0 Å². The van der Waals surface area contributed by atoms with Gasteiger partial charge in [0.2, 0.25) is 0 Å². The van der Waals surface area contributed by atoms with Crippen LogP contribution in [-0.4, -0.2) is 11.0 Å². The Balaban J connectivity index is 1.56. The van der Waals surface area contributed by atoms with Gasteiger partial charge in [0.15, 0.2) is 0 Å². The van der Waals surface area contributed by atoms with E-state index < -0.39 is 0 Å². The normalized spacial score (nSPS) is 47.4. The Bertz CT molecular complexity index is 225. The molecule has 0 aliphatic heterocycles. The van der Waals surface area contributed by atoms with E-state index in [4.69, 9.17) is 0 Å². The Morgan fingerprint density at radius 1 is 1.07 bits per heavy atom. The molecule has 3 fully saturated rings. The first-order valence-corrected chi connectivity index (χ1v) is 8.06. The Morgan fingerprint density at radius 3 is 2.80 bits per heavy atom. The van der Waals surface area contributed by atoms with E-state index in [1.54, 1.807) is 32.1 Å². The molecule has 0 amide bonds. The van der Waals surface area contributed by atoms with Gasteiger partial charge in [0.1, 0.15) is 0 Å². The quantitative estimate of drug-likeness (QED) is 0.640. The molecule has 0 aromatic heterocycles. The van der Waals surface area contributed by atoms with Crippen molar-refractivity contribution in [2.24, 2.45) is 23.7 Å². The van der Waals surface area contributed by atoms with Gasteiger partial charge < -0.3 is 0 Å². The predicted molar refractivity (Wildman–Crippen MR) is 68.2 cm³/mol. The molecule has 5 atom stereocenters. The maximum Gasteiger partial charge on any atom is 0.00809 e. The van der Waals surface area contributed by atoms with E-state index in [-0.39, 0.29) is 0 Å². The second kappa shape index (κ2) is 4.31. The molecule has 0 heterocycles. The fourth-order valence-corrected chi connectivity index (χ4v) is 6.28. The third-order valence-corrected chi connectivity index (χ3v) is 6.69. The molecule has 1 heteroatoms. The molecule has 0 spiro atoms. The lowest BCUT2D eigenvalue weighted by Gasteiger charge is -2.31. The lowest BCUT2D eigenvalue weighted by atomic mass is 9.81. The first kappa shape index (κ1) is 10.5. The minimum absolute atomic E-state index is 1.07. The number of unbranched alkanes of at least 4 members (excludes halogenated alkanes) is 1. The summed E-state index contributed by atoms with van der Waals surface area (Å²) in [6.45, 7) is 2.31. The molecule has 0 nitrogen and oxygen atoms in total. The van der Waals surface area contributed by atoms with Crippen molar-refractivity contribution in [3.05, 3.63) is 0 Å². The lowest BCUT2D eigenvalue weighted by molar-refractivity contribution is 0.266. The van der Waals surface area contributed by atoms with Crippen LogP contribution in [0.5, 0.6) is 0 Å². The average molecular weight is 224 g/mol. The Labute approximate surface area is 98.6 Å². The average Bonchev–Trinajstić information content (AvgIpc) is 2.89. The number of fused-ring (bicyclic) bond motifs is 5. The van der Waals surface area contributed by atoms with E-state index in [0.29, 0.717) is 0 Å². The first-order valence-electron chi connectivity index (χ1n) is 7.01. The van der Waals surface area contributed by atoms with Gasteiger partial charge in [0, 0.05) is 5.25 Å². The second-order valence-corrected chi connectivity index (χ2v) is 7.26. The molecule has 2 bridgehead atoms. The second-order valence-electron chi connectivity index (χ2n) is 5.92. The van der Waals surface area contributed by atoms with Crippen molar-refractivity contribution in [3.63, 3.8) is 0 Å². The molecule has 0 aromatic rings. The summed E-state index contributed by atoms with van der Waals surface area (Å²) in [5, 5.41) is 1.07. The van der Waals surface area contributed by atoms with Crippen LogP contribution in [0.15, 0.2) is 0 Å². The molecule has 3 saturated carbocycles. The van der Waals surface area contributed by atoms with Gasteiger partial charge in [0.25, 0.3) is 0 Å². The number of hydrogen-bond acceptors (Lipinski definition) is 1. The molecule has 0 saturated heterocycles. The van der Waals surface area contributed by atoms with E-state index >= 15 is 0 Å². The minimum atomic E-state index is 1.07. The van der Waals surface area contributed by atoms with Crippen LogP contribution >= 0.6 is 11.8 Å². The minimum Gasteiger partial charge on any atom is -0.158 e. The van der Waals surface area contributed by atoms with Crippen LogP contribution in [0.1, 0.15) is 51.9 Å². The Hall–Kier alpha value is 0.350. The molecule has 3 rings (SSSR count). The third kappa shape index (κ3) is 1.75. The molecule has 0 radical (unpaired) electrons. The Morgan fingerprint density at radius 2 is 1.93 bits per heavy atom. The topological polar surface area (TPSA) is 0 Å². The van der Waals surface area contributed by atoms with Gasteiger partial charge in [0.05, 0.1) is 0 Å². The van der Waals surface area contributed by atoms with Gasteiger partial charge in [-0.2, -0.15) is 11.8 Å². The summed E-state index contributed by atoms with van der Waals surface area (Å²) in [6.07, 6.45) is 10.7. The molecule has 15 heavy (non-hydrogen) atoms. The summed E-state index contributed by atoms with van der Waals surface area (Å²) in [7, 11) is 0. The standard InChI is InChI=1S/C14H24S/c1-2-3-7-15-14-9-10-8-13(14)12-6-4-5-11(10)12/h10-14H,2-9H2,1H3. The van der Waals surface area contributed by atoms with Crippen molar-refractivity contribution in [2.75, 3.05) is 5.75 Å². The SMILES string of the molecule is CCCCSC1CC2CC1C1CCCC21. The zero-order valence-electron chi connectivity index (χ0n) is 9.95. The van der Waals surface area contributed by atoms with Gasteiger partial charge in [-0.3, -0.25) is 0 Å². The zero-order valence-corrected chi connectivity index (χ0v) is 10.8. The van der Waals surface area contributed by atoms with Crippen LogP contribution in [0.4, 0.5) is 0 Å². The monoisotopic (exact) mass is 224 g/mol. The highest BCUT2D eigenvalue weighted by Gasteiger charge is 2.53. The highest BCUT2D eigenvalue weighted by atomic mass is 32.2. The van der Waals surface area contributed by atoms with Crippen molar-refractivity contribution < 1.29 is 0 Å². The zero-order chi connectivity index (χ0) is 10.3. The predicted octanol–water partition coefficient (Wildman–Crippen LogP) is 4.34. The molecule has 86 valence electrons. The number of thioether (sulfide) groups is 1. The number of rotatable bonds is 4. The smallest absolute Gasteiger partial charge is 0.00809 e. The third-order valence-electron chi connectivity index (χ3n) is 5.20. The first-order chi connectivity index (χ1) is 7.40. The van der Waals surface area contributed by atoms with Crippen LogP contribution < -0.4 is 0 Å². The van der Waals surface area contributed by atoms with E-state index in [9.17, 15) is 0 Å². The molecule has 3 aliphatic rings. The van der Waals surface area contributed by atoms with Crippen LogP contribution in [0.3, 0.4) is 0 Å². The van der Waals surface area contributed by atoms with Crippen LogP contribution in [0.2, 0.25) is 0 Å². The van der Waals surface area contributed by atoms with Gasteiger partial charge in [-0.05, 0) is 61.5 Å². The summed E-state index contributed by atoms with van der Waals surface area (Å²) in [5.41, 5.74) is 0. The van der Waals surface area contributed by atoms with Gasteiger partial charge in [-0.1, -0.05) is 19.8 Å². The summed E-state index contributed by atoms with van der Waals surface area (Å²) < 4.78 is 0. The van der Waals surface area contributed by atoms with E-state index in [1.165, 1.54) is 30.4 Å². The lowest BCUT2D eigenvalue weighted by Crippen LogP contribution is -2.26. The highest BCUT2D eigenvalue weighted by molar-refractivity contribution is 7.99. The highest BCUT2D eigenvalue weighted by Crippen LogP contribution is 2.61. The fraction of sp³-hybridized carbons (Fsp3) is 1.00.